The molecule has 1 spiro atoms. The standard InChI is InChI=1S/C13H16O2S/c1-2-10-9-7-13(5-6-13)4-3-8(9)11(16-10)12(14)15/h2-7H2,1H3,(H,14,15). The Bertz CT molecular complexity index is 455. The number of thiophene rings is 1. The average Bonchev–Trinajstić information content (AvgIpc) is 2.90. The molecule has 2 nitrogen and oxygen atoms in total. The zero-order valence-electron chi connectivity index (χ0n) is 9.51. The molecule has 3 rings (SSSR count). The van der Waals surface area contributed by atoms with Gasteiger partial charge in [-0.25, -0.2) is 4.79 Å². The molecule has 1 aromatic rings. The van der Waals surface area contributed by atoms with Crippen molar-refractivity contribution in [3.8, 4) is 0 Å². The summed E-state index contributed by atoms with van der Waals surface area (Å²) in [6, 6.07) is 0. The van der Waals surface area contributed by atoms with E-state index in [1.165, 1.54) is 41.0 Å². The number of carboxylic acid groups (broad SMARTS) is 1. The monoisotopic (exact) mass is 236 g/mol. The van der Waals surface area contributed by atoms with E-state index in [0.717, 1.165) is 24.8 Å². The highest BCUT2D eigenvalue weighted by atomic mass is 32.1. The van der Waals surface area contributed by atoms with Crippen LogP contribution in [0.2, 0.25) is 0 Å². The van der Waals surface area contributed by atoms with E-state index in [4.69, 9.17) is 0 Å². The number of aromatic carboxylic acids is 1. The molecule has 1 N–H and O–H groups in total. The summed E-state index contributed by atoms with van der Waals surface area (Å²) in [5.41, 5.74) is 3.13. The first kappa shape index (κ1) is 10.3. The van der Waals surface area contributed by atoms with Crippen LogP contribution < -0.4 is 0 Å². The summed E-state index contributed by atoms with van der Waals surface area (Å²) in [5.74, 6) is -0.729. The van der Waals surface area contributed by atoms with Gasteiger partial charge in [-0.2, -0.15) is 0 Å². The Balaban J connectivity index is 2.07. The number of hydrogen-bond donors (Lipinski definition) is 1. The Morgan fingerprint density at radius 1 is 1.38 bits per heavy atom. The fraction of sp³-hybridized carbons (Fsp3) is 0.615. The summed E-state index contributed by atoms with van der Waals surface area (Å²) in [6.45, 7) is 2.13. The minimum absolute atomic E-state index is 0.577. The highest BCUT2D eigenvalue weighted by molar-refractivity contribution is 7.14. The summed E-state index contributed by atoms with van der Waals surface area (Å²) in [5, 5.41) is 9.21. The van der Waals surface area contributed by atoms with Crippen molar-refractivity contribution in [2.75, 3.05) is 0 Å². The first-order valence-corrected chi connectivity index (χ1v) is 6.83. The second-order valence-electron chi connectivity index (χ2n) is 5.15. The van der Waals surface area contributed by atoms with Crippen LogP contribution in [0.3, 0.4) is 0 Å². The van der Waals surface area contributed by atoms with E-state index in [1.807, 2.05) is 0 Å². The quantitative estimate of drug-likeness (QED) is 0.855. The molecule has 0 unspecified atom stereocenters. The summed E-state index contributed by atoms with van der Waals surface area (Å²) >= 11 is 1.51. The smallest absolute Gasteiger partial charge is 0.346 e. The van der Waals surface area contributed by atoms with Crippen LogP contribution in [0.5, 0.6) is 0 Å². The lowest BCUT2D eigenvalue weighted by atomic mass is 9.81. The van der Waals surface area contributed by atoms with Crippen LogP contribution >= 0.6 is 11.3 Å². The zero-order chi connectivity index (χ0) is 11.3. The molecule has 0 bridgehead atoms. The van der Waals surface area contributed by atoms with Gasteiger partial charge < -0.3 is 5.11 Å². The van der Waals surface area contributed by atoms with Crippen LogP contribution in [0.25, 0.3) is 0 Å². The number of carboxylic acids is 1. The molecule has 1 saturated carbocycles. The van der Waals surface area contributed by atoms with Gasteiger partial charge in [0.2, 0.25) is 0 Å². The Morgan fingerprint density at radius 3 is 2.69 bits per heavy atom. The molecular weight excluding hydrogens is 220 g/mol. The van der Waals surface area contributed by atoms with Gasteiger partial charge in [-0.1, -0.05) is 6.92 Å². The van der Waals surface area contributed by atoms with Crippen LogP contribution in [0, 0.1) is 5.41 Å². The minimum atomic E-state index is -0.729. The van der Waals surface area contributed by atoms with E-state index in [0.29, 0.717) is 10.3 Å². The molecule has 0 saturated heterocycles. The molecule has 0 radical (unpaired) electrons. The Morgan fingerprint density at radius 2 is 2.12 bits per heavy atom. The molecule has 1 fully saturated rings. The molecule has 2 aliphatic carbocycles. The van der Waals surface area contributed by atoms with Gasteiger partial charge in [0.1, 0.15) is 4.88 Å². The molecular formula is C13H16O2S. The third kappa shape index (κ3) is 1.41. The lowest BCUT2D eigenvalue weighted by Crippen LogP contribution is -2.16. The number of rotatable bonds is 2. The number of aryl methyl sites for hydroxylation is 1. The minimum Gasteiger partial charge on any atom is -0.477 e. The molecule has 86 valence electrons. The van der Waals surface area contributed by atoms with Gasteiger partial charge >= 0.3 is 5.97 Å². The summed E-state index contributed by atoms with van der Waals surface area (Å²) in [4.78, 5) is 13.1. The maximum Gasteiger partial charge on any atom is 0.346 e. The highest BCUT2D eigenvalue weighted by Gasteiger charge is 2.46. The molecule has 16 heavy (non-hydrogen) atoms. The molecule has 0 aromatic carbocycles. The fourth-order valence-electron chi connectivity index (χ4n) is 2.94. The second-order valence-corrected chi connectivity index (χ2v) is 6.25. The molecule has 1 heterocycles. The van der Waals surface area contributed by atoms with Crippen molar-refractivity contribution in [3.63, 3.8) is 0 Å². The van der Waals surface area contributed by atoms with E-state index >= 15 is 0 Å². The van der Waals surface area contributed by atoms with E-state index < -0.39 is 5.97 Å². The van der Waals surface area contributed by atoms with Crippen molar-refractivity contribution in [2.45, 2.75) is 45.4 Å². The van der Waals surface area contributed by atoms with Gasteiger partial charge in [-0.3, -0.25) is 0 Å². The number of fused-ring (bicyclic) bond motifs is 1. The van der Waals surface area contributed by atoms with Crippen molar-refractivity contribution in [3.05, 3.63) is 20.9 Å². The topological polar surface area (TPSA) is 37.3 Å². The number of carbonyl (C=O) groups is 1. The van der Waals surface area contributed by atoms with Gasteiger partial charge in [0.15, 0.2) is 0 Å². The maximum atomic E-state index is 11.2. The molecule has 1 aromatic heterocycles. The molecule has 0 atom stereocenters. The Labute approximate surface area is 99.3 Å². The normalized spacial score (nSPS) is 20.8. The Kier molecular flexibility index (Phi) is 2.15. The lowest BCUT2D eigenvalue weighted by molar-refractivity contribution is 0.0700. The Hall–Kier alpha value is -0.830. The molecule has 2 aliphatic rings. The molecule has 0 aliphatic heterocycles. The van der Waals surface area contributed by atoms with Crippen molar-refractivity contribution in [1.29, 1.82) is 0 Å². The van der Waals surface area contributed by atoms with Crippen LogP contribution in [0.4, 0.5) is 0 Å². The third-order valence-electron chi connectivity index (χ3n) is 4.13. The summed E-state index contributed by atoms with van der Waals surface area (Å²) in [6.07, 6.45) is 7.04. The van der Waals surface area contributed by atoms with Crippen molar-refractivity contribution < 1.29 is 9.90 Å². The SMILES string of the molecule is CCc1sc(C(=O)O)c2c1CC1(CC2)CC1. The number of hydrogen-bond acceptors (Lipinski definition) is 2. The predicted molar refractivity (Wildman–Crippen MR) is 64.3 cm³/mol. The van der Waals surface area contributed by atoms with Crippen LogP contribution in [0.15, 0.2) is 0 Å². The van der Waals surface area contributed by atoms with Gasteiger partial charge in [-0.15, -0.1) is 11.3 Å². The average molecular weight is 236 g/mol. The van der Waals surface area contributed by atoms with Crippen LogP contribution in [0.1, 0.15) is 51.9 Å². The first-order valence-electron chi connectivity index (χ1n) is 6.02. The van der Waals surface area contributed by atoms with Crippen molar-refractivity contribution >= 4 is 17.3 Å². The van der Waals surface area contributed by atoms with E-state index in [1.54, 1.807) is 0 Å². The van der Waals surface area contributed by atoms with E-state index in [-0.39, 0.29) is 0 Å². The van der Waals surface area contributed by atoms with Crippen LogP contribution in [-0.4, -0.2) is 11.1 Å². The van der Waals surface area contributed by atoms with Crippen molar-refractivity contribution in [2.24, 2.45) is 5.41 Å². The highest BCUT2D eigenvalue weighted by Crippen LogP contribution is 2.56. The third-order valence-corrected chi connectivity index (χ3v) is 5.54. The molecule has 0 amide bonds. The second kappa shape index (κ2) is 3.33. The predicted octanol–water partition coefficient (Wildman–Crippen LogP) is 3.28. The fourth-order valence-corrected chi connectivity index (χ4v) is 4.08. The van der Waals surface area contributed by atoms with E-state index in [2.05, 4.69) is 6.92 Å². The summed E-state index contributed by atoms with van der Waals surface area (Å²) < 4.78 is 0. The molecule has 3 heteroatoms. The maximum absolute atomic E-state index is 11.2. The van der Waals surface area contributed by atoms with Gasteiger partial charge in [0, 0.05) is 4.88 Å². The van der Waals surface area contributed by atoms with Gasteiger partial charge in [0.05, 0.1) is 0 Å². The largest absolute Gasteiger partial charge is 0.477 e. The first-order chi connectivity index (χ1) is 7.65. The van der Waals surface area contributed by atoms with Gasteiger partial charge in [-0.05, 0) is 55.1 Å². The van der Waals surface area contributed by atoms with Crippen molar-refractivity contribution in [1.82, 2.24) is 0 Å². The zero-order valence-corrected chi connectivity index (χ0v) is 10.3. The van der Waals surface area contributed by atoms with Crippen LogP contribution in [-0.2, 0) is 19.3 Å². The lowest BCUT2D eigenvalue weighted by Gasteiger charge is -2.22. The summed E-state index contributed by atoms with van der Waals surface area (Å²) in [7, 11) is 0. The van der Waals surface area contributed by atoms with Gasteiger partial charge in [0.25, 0.3) is 0 Å². The van der Waals surface area contributed by atoms with E-state index in [9.17, 15) is 9.90 Å².